The second-order valence-corrected chi connectivity index (χ2v) is 11.0. The first kappa shape index (κ1) is 33.3. The van der Waals surface area contributed by atoms with Crippen LogP contribution in [-0.4, -0.2) is 37.0 Å². The minimum atomic E-state index is -4.02. The Labute approximate surface area is 215 Å². The third-order valence-corrected chi connectivity index (χ3v) is 6.71. The average Bonchev–Trinajstić information content (AvgIpc) is 2.79. The van der Waals surface area contributed by atoms with Crippen molar-refractivity contribution in [3.63, 3.8) is 0 Å². The highest BCUT2D eigenvalue weighted by molar-refractivity contribution is 7.85. The summed E-state index contributed by atoms with van der Waals surface area (Å²) in [6, 6.07) is 5.99. The monoisotopic (exact) mass is 510 g/mol. The van der Waals surface area contributed by atoms with Crippen molar-refractivity contribution in [2.24, 2.45) is 5.92 Å². The summed E-state index contributed by atoms with van der Waals surface area (Å²) in [5.74, 6) is 0.177. The van der Waals surface area contributed by atoms with Gasteiger partial charge in [-0.15, -0.1) is 0 Å². The molecule has 0 saturated carbocycles. The summed E-state index contributed by atoms with van der Waals surface area (Å²) >= 11 is 0. The summed E-state index contributed by atoms with van der Waals surface area (Å²) in [6.45, 7) is 16.0. The van der Waals surface area contributed by atoms with Gasteiger partial charge in [0.2, 0.25) is 0 Å². The van der Waals surface area contributed by atoms with Gasteiger partial charge >= 0.3 is 0 Å². The molecule has 0 unspecified atom stereocenters. The predicted octanol–water partition coefficient (Wildman–Crippen LogP) is 7.10. The van der Waals surface area contributed by atoms with Gasteiger partial charge in [-0.05, 0) is 37.8 Å². The molecule has 1 amide bonds. The molecule has 0 aliphatic carbocycles. The number of rotatable bonds is 17. The van der Waals surface area contributed by atoms with Gasteiger partial charge < -0.3 is 0 Å². The Balaban J connectivity index is 0.000000867. The number of carbonyl (C=O) groups excluding carboxylic acids is 1. The van der Waals surface area contributed by atoms with Crippen LogP contribution >= 0.6 is 0 Å². The van der Waals surface area contributed by atoms with Crippen molar-refractivity contribution >= 4 is 16.0 Å². The number of nitrogens with one attached hydrogen (secondary N) is 1. The van der Waals surface area contributed by atoms with E-state index in [1.54, 1.807) is 12.1 Å². The molecule has 0 saturated heterocycles. The number of unbranched alkanes of at least 4 members (excludes halogenated alkanes) is 9. The highest BCUT2D eigenvalue weighted by Crippen LogP contribution is 2.11. The van der Waals surface area contributed by atoms with Gasteiger partial charge in [0.05, 0.1) is 4.90 Å². The summed E-state index contributed by atoms with van der Waals surface area (Å²) in [5.41, 5.74) is 4.65. The molecule has 0 aliphatic rings. The molecule has 202 valence electrons. The fraction of sp³-hybridized carbons (Fsp3) is 0.679. The van der Waals surface area contributed by atoms with Crippen LogP contribution in [0.25, 0.3) is 0 Å². The van der Waals surface area contributed by atoms with Crippen LogP contribution in [0.5, 0.6) is 0 Å². The zero-order valence-corrected chi connectivity index (χ0v) is 23.6. The molecular weight excluding hydrogens is 460 g/mol. The Morgan fingerprint density at radius 1 is 0.886 bits per heavy atom. The van der Waals surface area contributed by atoms with Crippen molar-refractivity contribution in [3.8, 4) is 0 Å². The van der Waals surface area contributed by atoms with Crippen molar-refractivity contribution in [1.82, 2.24) is 10.4 Å². The number of nitrogens with zero attached hydrogens (tertiary/aromatic N) is 1. The van der Waals surface area contributed by atoms with E-state index in [0.717, 1.165) is 31.5 Å². The molecule has 7 heteroatoms. The van der Waals surface area contributed by atoms with Crippen molar-refractivity contribution in [2.75, 3.05) is 13.1 Å². The highest BCUT2D eigenvalue weighted by atomic mass is 32.2. The molecule has 1 aromatic rings. The van der Waals surface area contributed by atoms with Crippen LogP contribution < -0.4 is 5.43 Å². The lowest BCUT2D eigenvalue weighted by molar-refractivity contribution is -0.122. The van der Waals surface area contributed by atoms with Crippen LogP contribution in [0.15, 0.2) is 41.3 Å². The number of aryl methyl sites for hydroxylation is 1. The molecule has 0 aromatic heterocycles. The van der Waals surface area contributed by atoms with Crippen LogP contribution in [0.3, 0.4) is 0 Å². The van der Waals surface area contributed by atoms with E-state index < -0.39 is 10.1 Å². The van der Waals surface area contributed by atoms with Crippen LogP contribution in [0.4, 0.5) is 0 Å². The Kier molecular flexibility index (Phi) is 18.5. The maximum Gasteiger partial charge on any atom is 0.294 e. The second kappa shape index (κ2) is 19.5. The highest BCUT2D eigenvalue weighted by Gasteiger charge is 2.13. The number of carbonyl (C=O) groups is 1. The minimum Gasteiger partial charge on any atom is -0.285 e. The van der Waals surface area contributed by atoms with Crippen LogP contribution in [0.1, 0.15) is 104 Å². The van der Waals surface area contributed by atoms with E-state index in [-0.39, 0.29) is 16.7 Å². The second-order valence-electron chi connectivity index (χ2n) is 9.58. The van der Waals surface area contributed by atoms with Gasteiger partial charge in [0.25, 0.3) is 16.0 Å². The SMILES string of the molecule is C=C(C(=O)NN(CCC)CCCCCCCCCCCC)C(C)C.Cc1ccc(S(=O)(=O)O)cc1. The number of benzene rings is 1. The largest absolute Gasteiger partial charge is 0.294 e. The third kappa shape index (κ3) is 17.4. The number of hydrazine groups is 1. The van der Waals surface area contributed by atoms with Crippen molar-refractivity contribution in [3.05, 3.63) is 42.0 Å². The van der Waals surface area contributed by atoms with Gasteiger partial charge in [0, 0.05) is 18.7 Å². The van der Waals surface area contributed by atoms with Gasteiger partial charge in [-0.1, -0.05) is 110 Å². The average molecular weight is 511 g/mol. The molecule has 6 nitrogen and oxygen atoms in total. The molecule has 0 atom stereocenters. The summed E-state index contributed by atoms with van der Waals surface area (Å²) < 4.78 is 29.6. The Morgan fingerprint density at radius 2 is 1.37 bits per heavy atom. The van der Waals surface area contributed by atoms with Crippen molar-refractivity contribution < 1.29 is 17.8 Å². The third-order valence-electron chi connectivity index (χ3n) is 5.84. The summed E-state index contributed by atoms with van der Waals surface area (Å²) in [5, 5.41) is 2.07. The van der Waals surface area contributed by atoms with Crippen LogP contribution in [-0.2, 0) is 14.9 Å². The predicted molar refractivity (Wildman–Crippen MR) is 147 cm³/mol. The molecule has 0 aliphatic heterocycles. The Morgan fingerprint density at radius 3 is 1.80 bits per heavy atom. The number of amides is 1. The van der Waals surface area contributed by atoms with E-state index >= 15 is 0 Å². The molecule has 0 fully saturated rings. The minimum absolute atomic E-state index is 0.0227. The summed E-state index contributed by atoms with van der Waals surface area (Å²) in [4.78, 5) is 12.0. The molecular formula is C28H50N2O4S. The smallest absolute Gasteiger partial charge is 0.285 e. The molecule has 35 heavy (non-hydrogen) atoms. The maximum absolute atomic E-state index is 12.1. The fourth-order valence-corrected chi connectivity index (χ4v) is 3.95. The zero-order chi connectivity index (χ0) is 26.7. The lowest BCUT2D eigenvalue weighted by atomic mass is 10.1. The van der Waals surface area contributed by atoms with Gasteiger partial charge in [0.1, 0.15) is 0 Å². The van der Waals surface area contributed by atoms with Crippen molar-refractivity contribution in [1.29, 1.82) is 0 Å². The summed E-state index contributed by atoms with van der Waals surface area (Å²) in [7, 11) is -4.02. The van der Waals surface area contributed by atoms with Gasteiger partial charge in [0.15, 0.2) is 0 Å². The molecule has 0 heterocycles. The lowest BCUT2D eigenvalue weighted by Crippen LogP contribution is -2.44. The van der Waals surface area contributed by atoms with Gasteiger partial charge in [-0.25, -0.2) is 5.01 Å². The van der Waals surface area contributed by atoms with Crippen LogP contribution in [0, 0.1) is 12.8 Å². The van der Waals surface area contributed by atoms with E-state index in [0.29, 0.717) is 5.57 Å². The molecule has 0 radical (unpaired) electrons. The first-order chi connectivity index (χ1) is 16.5. The van der Waals surface area contributed by atoms with Gasteiger partial charge in [-0.2, -0.15) is 8.42 Å². The molecule has 1 aromatic carbocycles. The lowest BCUT2D eigenvalue weighted by Gasteiger charge is -2.23. The number of hydrogen-bond donors (Lipinski definition) is 2. The first-order valence-electron chi connectivity index (χ1n) is 13.3. The molecule has 1 rings (SSSR count). The molecule has 0 bridgehead atoms. The quantitative estimate of drug-likeness (QED) is 0.101. The van der Waals surface area contributed by atoms with E-state index in [1.807, 2.05) is 20.8 Å². The van der Waals surface area contributed by atoms with E-state index in [4.69, 9.17) is 4.55 Å². The summed E-state index contributed by atoms with van der Waals surface area (Å²) in [6.07, 6.45) is 14.5. The van der Waals surface area contributed by atoms with Crippen LogP contribution in [0.2, 0.25) is 0 Å². The molecule has 2 N–H and O–H groups in total. The molecule has 0 spiro atoms. The van der Waals surface area contributed by atoms with E-state index in [1.165, 1.54) is 69.9 Å². The fourth-order valence-electron chi connectivity index (χ4n) is 3.47. The van der Waals surface area contributed by atoms with E-state index in [2.05, 4.69) is 30.9 Å². The standard InChI is InChI=1S/C21H42N2O.C7H8O3S/c1-6-8-9-10-11-12-13-14-15-16-18-23(17-7-2)22-21(24)20(5)19(3)4;1-6-2-4-7(5-3-6)11(8,9)10/h19H,5-18H2,1-4H3,(H,22,24);2-5H,1H3,(H,8,9,10). The van der Waals surface area contributed by atoms with Gasteiger partial charge in [-0.3, -0.25) is 14.8 Å². The normalized spacial score (nSPS) is 11.3. The maximum atomic E-state index is 12.1. The number of hydrogen-bond acceptors (Lipinski definition) is 4. The van der Waals surface area contributed by atoms with Crippen molar-refractivity contribution in [2.45, 2.75) is 110 Å². The van der Waals surface area contributed by atoms with E-state index in [9.17, 15) is 13.2 Å². The topological polar surface area (TPSA) is 86.7 Å². The Hall–Kier alpha value is -1.70. The Bertz CT molecular complexity index is 805. The first-order valence-corrected chi connectivity index (χ1v) is 14.8. The zero-order valence-electron chi connectivity index (χ0n) is 22.8.